The molecule has 4 nitrogen and oxygen atoms in total. The van der Waals surface area contributed by atoms with Crippen LogP contribution in [-0.2, 0) is 10.0 Å². The second-order valence-electron chi connectivity index (χ2n) is 4.90. The first-order valence-corrected chi connectivity index (χ1v) is 8.54. The second-order valence-corrected chi connectivity index (χ2v) is 8.40. The van der Waals surface area contributed by atoms with Crippen LogP contribution in [-0.4, -0.2) is 67.6 Å². The maximum atomic E-state index is 11.3. The van der Waals surface area contributed by atoms with E-state index >= 15 is 0 Å². The van der Waals surface area contributed by atoms with Gasteiger partial charge in [-0.2, -0.15) is 16.1 Å². The third-order valence-corrected chi connectivity index (χ3v) is 5.49. The van der Waals surface area contributed by atoms with Gasteiger partial charge in [0.15, 0.2) is 0 Å². The van der Waals surface area contributed by atoms with E-state index in [9.17, 15) is 8.42 Å². The van der Waals surface area contributed by atoms with Gasteiger partial charge in [0, 0.05) is 37.5 Å². The van der Waals surface area contributed by atoms with Crippen LogP contribution >= 0.6 is 11.8 Å². The molecule has 1 saturated heterocycles. The van der Waals surface area contributed by atoms with Crippen molar-refractivity contribution in [2.24, 2.45) is 0 Å². The van der Waals surface area contributed by atoms with E-state index in [1.807, 2.05) is 11.8 Å². The fourth-order valence-electron chi connectivity index (χ4n) is 1.82. The van der Waals surface area contributed by atoms with Crippen molar-refractivity contribution in [3.05, 3.63) is 0 Å². The summed E-state index contributed by atoms with van der Waals surface area (Å²) in [6.45, 7) is 8.41. The first-order valence-electron chi connectivity index (χ1n) is 5.47. The highest BCUT2D eigenvalue weighted by atomic mass is 32.2. The Morgan fingerprint density at radius 1 is 1.19 bits per heavy atom. The van der Waals surface area contributed by atoms with Crippen molar-refractivity contribution in [3.63, 3.8) is 0 Å². The van der Waals surface area contributed by atoms with Crippen LogP contribution in [0.2, 0.25) is 0 Å². The fraction of sp³-hybridized carbons (Fsp3) is 1.00. The molecule has 6 heteroatoms. The Kier molecular flexibility index (Phi) is 4.68. The fourth-order valence-corrected chi connectivity index (χ4v) is 2.96. The Balaban J connectivity index is 2.44. The Bertz CT molecular complexity index is 320. The van der Waals surface area contributed by atoms with E-state index in [2.05, 4.69) is 25.0 Å². The molecular formula is C10H22N2O2S2. The van der Waals surface area contributed by atoms with Crippen LogP contribution in [0.5, 0.6) is 0 Å². The van der Waals surface area contributed by atoms with Crippen LogP contribution < -0.4 is 0 Å². The van der Waals surface area contributed by atoms with Gasteiger partial charge in [-0.3, -0.25) is 4.90 Å². The van der Waals surface area contributed by atoms with E-state index in [-0.39, 0.29) is 4.75 Å². The lowest BCUT2D eigenvalue weighted by Crippen LogP contribution is -2.51. The Labute approximate surface area is 103 Å². The summed E-state index contributed by atoms with van der Waals surface area (Å²) in [5.41, 5.74) is 0. The molecule has 16 heavy (non-hydrogen) atoms. The Morgan fingerprint density at radius 3 is 2.06 bits per heavy atom. The van der Waals surface area contributed by atoms with Gasteiger partial charge in [-0.15, -0.1) is 0 Å². The van der Waals surface area contributed by atoms with E-state index in [4.69, 9.17) is 0 Å². The summed E-state index contributed by atoms with van der Waals surface area (Å²) in [6, 6.07) is 0. The van der Waals surface area contributed by atoms with Crippen molar-refractivity contribution in [2.75, 3.05) is 45.2 Å². The molecule has 0 aliphatic carbocycles. The quantitative estimate of drug-likeness (QED) is 0.751. The summed E-state index contributed by atoms with van der Waals surface area (Å²) >= 11 is 1.85. The standard InChI is InChI=1S/C10H22N2O2S2/c1-10(2,15-3)9-11-5-7-12(8-6-11)16(4,13)14/h5-9H2,1-4H3. The maximum absolute atomic E-state index is 11.3. The van der Waals surface area contributed by atoms with Crippen LogP contribution in [0.1, 0.15) is 13.8 Å². The maximum Gasteiger partial charge on any atom is 0.211 e. The first kappa shape index (κ1) is 14.3. The average Bonchev–Trinajstić information content (AvgIpc) is 2.16. The smallest absolute Gasteiger partial charge is 0.211 e. The lowest BCUT2D eigenvalue weighted by atomic mass is 10.2. The van der Waals surface area contributed by atoms with Gasteiger partial charge in [0.25, 0.3) is 0 Å². The largest absolute Gasteiger partial charge is 0.299 e. The highest BCUT2D eigenvalue weighted by Crippen LogP contribution is 2.23. The number of piperazine rings is 1. The number of rotatable bonds is 4. The van der Waals surface area contributed by atoms with Crippen LogP contribution in [0.4, 0.5) is 0 Å². The molecule has 0 radical (unpaired) electrons. The zero-order valence-corrected chi connectivity index (χ0v) is 12.2. The van der Waals surface area contributed by atoms with E-state index in [0.29, 0.717) is 13.1 Å². The van der Waals surface area contributed by atoms with Crippen molar-refractivity contribution in [3.8, 4) is 0 Å². The molecule has 0 aromatic carbocycles. The molecule has 1 heterocycles. The molecule has 0 spiro atoms. The van der Waals surface area contributed by atoms with E-state index in [0.717, 1.165) is 19.6 Å². The number of sulfonamides is 1. The Hall–Kier alpha value is 0.220. The summed E-state index contributed by atoms with van der Waals surface area (Å²) in [7, 11) is -3.00. The molecule has 1 fully saturated rings. The summed E-state index contributed by atoms with van der Waals surface area (Å²) in [5, 5.41) is 0. The molecule has 0 aromatic rings. The summed E-state index contributed by atoms with van der Waals surface area (Å²) in [5.74, 6) is 0. The van der Waals surface area contributed by atoms with E-state index in [1.54, 1.807) is 4.31 Å². The normalized spacial score (nSPS) is 21.2. The third kappa shape index (κ3) is 4.24. The molecule has 0 saturated carbocycles. The van der Waals surface area contributed by atoms with Crippen molar-refractivity contribution >= 4 is 21.8 Å². The minimum atomic E-state index is -3.00. The predicted molar refractivity (Wildman–Crippen MR) is 70.5 cm³/mol. The molecule has 0 N–H and O–H groups in total. The monoisotopic (exact) mass is 266 g/mol. The SMILES string of the molecule is CSC(C)(C)CN1CCN(S(C)(=O)=O)CC1. The van der Waals surface area contributed by atoms with E-state index in [1.165, 1.54) is 6.26 Å². The van der Waals surface area contributed by atoms with E-state index < -0.39 is 10.0 Å². The lowest BCUT2D eigenvalue weighted by Gasteiger charge is -2.37. The van der Waals surface area contributed by atoms with Crippen LogP contribution in [0.15, 0.2) is 0 Å². The van der Waals surface area contributed by atoms with Crippen LogP contribution in [0, 0.1) is 0 Å². The van der Waals surface area contributed by atoms with Crippen molar-refractivity contribution < 1.29 is 8.42 Å². The molecule has 0 aromatic heterocycles. The highest BCUT2D eigenvalue weighted by Gasteiger charge is 2.27. The van der Waals surface area contributed by atoms with Gasteiger partial charge in [-0.05, 0) is 20.1 Å². The molecule has 1 aliphatic rings. The summed E-state index contributed by atoms with van der Waals surface area (Å²) in [6.07, 6.45) is 3.40. The van der Waals surface area contributed by atoms with Gasteiger partial charge in [0.05, 0.1) is 6.26 Å². The molecule has 0 bridgehead atoms. The first-order chi connectivity index (χ1) is 7.24. The minimum Gasteiger partial charge on any atom is -0.299 e. The van der Waals surface area contributed by atoms with Crippen LogP contribution in [0.25, 0.3) is 0 Å². The topological polar surface area (TPSA) is 40.6 Å². The van der Waals surface area contributed by atoms with Crippen LogP contribution in [0.3, 0.4) is 0 Å². The lowest BCUT2D eigenvalue weighted by molar-refractivity contribution is 0.179. The summed E-state index contributed by atoms with van der Waals surface area (Å²) in [4.78, 5) is 2.35. The second kappa shape index (κ2) is 5.25. The highest BCUT2D eigenvalue weighted by molar-refractivity contribution is 7.99. The third-order valence-electron chi connectivity index (χ3n) is 2.96. The average molecular weight is 266 g/mol. The van der Waals surface area contributed by atoms with Gasteiger partial charge in [-0.25, -0.2) is 8.42 Å². The molecule has 0 atom stereocenters. The number of hydrogen-bond donors (Lipinski definition) is 0. The molecule has 0 amide bonds. The number of thioether (sulfide) groups is 1. The van der Waals surface area contributed by atoms with Gasteiger partial charge in [-0.1, -0.05) is 0 Å². The molecular weight excluding hydrogens is 244 g/mol. The predicted octanol–water partition coefficient (Wildman–Crippen LogP) is 0.705. The van der Waals surface area contributed by atoms with Crippen molar-refractivity contribution in [2.45, 2.75) is 18.6 Å². The summed E-state index contributed by atoms with van der Waals surface area (Å²) < 4.78 is 24.5. The Morgan fingerprint density at radius 2 is 1.69 bits per heavy atom. The molecule has 96 valence electrons. The zero-order chi connectivity index (χ0) is 12.4. The van der Waals surface area contributed by atoms with Gasteiger partial charge in [0.1, 0.15) is 0 Å². The molecule has 1 aliphatic heterocycles. The number of hydrogen-bond acceptors (Lipinski definition) is 4. The van der Waals surface area contributed by atoms with Crippen molar-refractivity contribution in [1.82, 2.24) is 9.21 Å². The number of nitrogens with zero attached hydrogens (tertiary/aromatic N) is 2. The zero-order valence-electron chi connectivity index (χ0n) is 10.6. The van der Waals surface area contributed by atoms with Gasteiger partial charge < -0.3 is 0 Å². The van der Waals surface area contributed by atoms with Gasteiger partial charge in [0.2, 0.25) is 10.0 Å². The molecule has 1 rings (SSSR count). The molecule has 0 unspecified atom stereocenters. The van der Waals surface area contributed by atoms with Crippen molar-refractivity contribution in [1.29, 1.82) is 0 Å². The van der Waals surface area contributed by atoms with Gasteiger partial charge >= 0.3 is 0 Å². The minimum absolute atomic E-state index is 0.243.